The molecule has 0 aromatic carbocycles. The van der Waals surface area contributed by atoms with E-state index in [2.05, 4.69) is 42.9 Å². The molecule has 1 aromatic rings. The Kier molecular flexibility index (Phi) is 4.88. The van der Waals surface area contributed by atoms with E-state index in [9.17, 15) is 4.79 Å². The summed E-state index contributed by atoms with van der Waals surface area (Å²) in [5, 5.41) is 3.39. The first kappa shape index (κ1) is 16.2. The van der Waals surface area contributed by atoms with Crippen LogP contribution in [0.3, 0.4) is 0 Å². The summed E-state index contributed by atoms with van der Waals surface area (Å²) in [5.74, 6) is 0.903. The van der Waals surface area contributed by atoms with Crippen molar-refractivity contribution in [3.8, 4) is 0 Å². The first-order valence-corrected chi connectivity index (χ1v) is 8.05. The summed E-state index contributed by atoms with van der Waals surface area (Å²) < 4.78 is 2.56. The molecule has 0 bridgehead atoms. The zero-order valence-corrected chi connectivity index (χ0v) is 14.3. The van der Waals surface area contributed by atoms with Gasteiger partial charge >= 0.3 is 0 Å². The van der Waals surface area contributed by atoms with Gasteiger partial charge in [-0.1, -0.05) is 27.7 Å². The number of hydrogen-bond donors (Lipinski definition) is 2. The molecule has 0 amide bonds. The predicted molar refractivity (Wildman–Crippen MR) is 89.1 cm³/mol. The van der Waals surface area contributed by atoms with Crippen LogP contribution in [0.4, 0.5) is 5.82 Å². The molecule has 0 unspecified atom stereocenters. The highest BCUT2D eigenvalue weighted by Crippen LogP contribution is 2.24. The van der Waals surface area contributed by atoms with Gasteiger partial charge < -0.3 is 9.88 Å². The Morgan fingerprint density at radius 2 is 2.00 bits per heavy atom. The van der Waals surface area contributed by atoms with E-state index in [1.54, 1.807) is 0 Å². The van der Waals surface area contributed by atoms with Gasteiger partial charge in [-0.15, -0.1) is 0 Å². The fourth-order valence-corrected chi connectivity index (χ4v) is 2.84. The van der Waals surface area contributed by atoms with Crippen LogP contribution in [0.15, 0.2) is 4.79 Å². The predicted octanol–water partition coefficient (Wildman–Crippen LogP) is 2.94. The third-order valence-electron chi connectivity index (χ3n) is 3.77. The molecule has 2 N–H and O–H groups in total. The van der Waals surface area contributed by atoms with Gasteiger partial charge in [0.1, 0.15) is 5.82 Å². The first-order chi connectivity index (χ1) is 9.81. The second kappa shape index (κ2) is 6.32. The fraction of sp³-hybridized carbons (Fsp3) is 0.733. The monoisotopic (exact) mass is 310 g/mol. The van der Waals surface area contributed by atoms with Crippen molar-refractivity contribution in [3.05, 3.63) is 20.7 Å². The molecular weight excluding hydrogens is 284 g/mol. The van der Waals surface area contributed by atoms with Crippen molar-refractivity contribution in [1.82, 2.24) is 14.5 Å². The second-order valence-corrected chi connectivity index (χ2v) is 7.32. The minimum absolute atomic E-state index is 0.0599. The number of aromatic amines is 1. The van der Waals surface area contributed by atoms with Crippen LogP contribution in [-0.4, -0.2) is 27.7 Å². The van der Waals surface area contributed by atoms with E-state index in [1.165, 1.54) is 0 Å². The Labute approximate surface area is 131 Å². The van der Waals surface area contributed by atoms with Crippen LogP contribution in [0.5, 0.6) is 0 Å². The number of hydrogen-bond acceptors (Lipinski definition) is 4. The Morgan fingerprint density at radius 1 is 1.29 bits per heavy atom. The average Bonchev–Trinajstić information content (AvgIpc) is 2.38. The first-order valence-electron chi connectivity index (χ1n) is 7.64. The quantitative estimate of drug-likeness (QED) is 0.840. The van der Waals surface area contributed by atoms with Crippen LogP contribution in [-0.2, 0) is 13.1 Å². The van der Waals surface area contributed by atoms with Gasteiger partial charge in [-0.3, -0.25) is 14.7 Å². The number of nitrogens with zero attached hydrogens (tertiary/aromatic N) is 2. The van der Waals surface area contributed by atoms with Crippen LogP contribution in [0.1, 0.15) is 46.1 Å². The Bertz CT molecular complexity index is 612. The summed E-state index contributed by atoms with van der Waals surface area (Å²) >= 11 is 5.35. The molecule has 1 aliphatic rings. The smallest absolute Gasteiger partial charge is 0.258 e. The molecule has 6 heteroatoms. The lowest BCUT2D eigenvalue weighted by atomic mass is 9.92. The highest BCUT2D eigenvalue weighted by Gasteiger charge is 2.22. The lowest BCUT2D eigenvalue weighted by Gasteiger charge is -2.31. The number of anilines is 1. The maximum absolute atomic E-state index is 12.2. The summed E-state index contributed by atoms with van der Waals surface area (Å²) in [5.41, 5.74) is 0.980. The van der Waals surface area contributed by atoms with Crippen LogP contribution in [0.25, 0.3) is 0 Å². The van der Waals surface area contributed by atoms with Crippen LogP contribution in [0, 0.1) is 10.2 Å². The van der Waals surface area contributed by atoms with Crippen LogP contribution < -0.4 is 10.9 Å². The molecule has 0 fully saturated rings. The molecule has 5 nitrogen and oxygen atoms in total. The van der Waals surface area contributed by atoms with E-state index in [0.29, 0.717) is 11.3 Å². The molecule has 1 aliphatic heterocycles. The van der Waals surface area contributed by atoms with Gasteiger partial charge in [0, 0.05) is 13.1 Å². The van der Waals surface area contributed by atoms with Gasteiger partial charge in [0.15, 0.2) is 4.77 Å². The topological polar surface area (TPSA) is 53.1 Å². The minimum atomic E-state index is -0.0599. The summed E-state index contributed by atoms with van der Waals surface area (Å²) in [6.07, 6.45) is 2.10. The van der Waals surface area contributed by atoms with Crippen LogP contribution >= 0.6 is 12.2 Å². The number of rotatable bonds is 4. The molecule has 0 spiro atoms. The lowest BCUT2D eigenvalue weighted by Crippen LogP contribution is -2.39. The van der Waals surface area contributed by atoms with Crippen molar-refractivity contribution >= 4 is 18.0 Å². The van der Waals surface area contributed by atoms with Gasteiger partial charge in [0.2, 0.25) is 0 Å². The van der Waals surface area contributed by atoms with Crippen molar-refractivity contribution in [3.63, 3.8) is 0 Å². The number of H-pyrrole nitrogens is 1. The zero-order valence-electron chi connectivity index (χ0n) is 13.5. The van der Waals surface area contributed by atoms with E-state index in [0.717, 1.165) is 44.0 Å². The molecule has 21 heavy (non-hydrogen) atoms. The van der Waals surface area contributed by atoms with E-state index in [4.69, 9.17) is 12.2 Å². The van der Waals surface area contributed by atoms with E-state index >= 15 is 0 Å². The Hall–Kier alpha value is -1.14. The highest BCUT2D eigenvalue weighted by atomic mass is 32.1. The van der Waals surface area contributed by atoms with Crippen molar-refractivity contribution in [1.29, 1.82) is 0 Å². The largest absolute Gasteiger partial charge is 0.358 e. The normalized spacial score (nSPS) is 15.6. The molecule has 1 aromatic heterocycles. The third kappa shape index (κ3) is 3.95. The van der Waals surface area contributed by atoms with Crippen molar-refractivity contribution in [2.45, 2.75) is 53.6 Å². The summed E-state index contributed by atoms with van der Waals surface area (Å²) in [7, 11) is 0. The second-order valence-electron chi connectivity index (χ2n) is 6.94. The van der Waals surface area contributed by atoms with Crippen LogP contribution in [0.2, 0.25) is 0 Å². The van der Waals surface area contributed by atoms with Gasteiger partial charge in [0.25, 0.3) is 5.56 Å². The van der Waals surface area contributed by atoms with Crippen molar-refractivity contribution in [2.75, 3.05) is 18.5 Å². The van der Waals surface area contributed by atoms with E-state index in [-0.39, 0.29) is 11.0 Å². The van der Waals surface area contributed by atoms with Crippen molar-refractivity contribution < 1.29 is 0 Å². The molecule has 0 saturated heterocycles. The standard InChI is InChI=1S/C15H26N4OS/c1-5-7-18-9-11-12(16-10-18)19(8-6-15(2,3)4)14(21)17-13(11)20/h16H,5-10H2,1-4H3,(H,17,20,21). The maximum atomic E-state index is 12.2. The van der Waals surface area contributed by atoms with E-state index in [1.807, 2.05) is 4.57 Å². The van der Waals surface area contributed by atoms with Gasteiger partial charge in [0.05, 0.1) is 12.2 Å². The molecule has 2 heterocycles. The summed E-state index contributed by atoms with van der Waals surface area (Å²) in [6.45, 7) is 12.1. The average molecular weight is 310 g/mol. The molecule has 0 radical (unpaired) electrons. The lowest BCUT2D eigenvalue weighted by molar-refractivity contribution is 0.270. The van der Waals surface area contributed by atoms with Gasteiger partial charge in [-0.05, 0) is 37.0 Å². The SMILES string of the molecule is CCCN1CNc2c(c(=O)[nH]c(=S)n2CCC(C)(C)C)C1. The maximum Gasteiger partial charge on any atom is 0.258 e. The zero-order chi connectivity index (χ0) is 15.6. The fourth-order valence-electron chi connectivity index (χ4n) is 2.56. The molecule has 0 saturated carbocycles. The third-order valence-corrected chi connectivity index (χ3v) is 4.09. The Balaban J connectivity index is 2.33. The molecule has 0 aliphatic carbocycles. The van der Waals surface area contributed by atoms with Gasteiger partial charge in [-0.25, -0.2) is 0 Å². The Morgan fingerprint density at radius 3 is 2.62 bits per heavy atom. The van der Waals surface area contributed by atoms with E-state index < -0.39 is 0 Å². The molecule has 0 atom stereocenters. The highest BCUT2D eigenvalue weighted by molar-refractivity contribution is 7.71. The number of aromatic nitrogens is 2. The number of fused-ring (bicyclic) bond motifs is 1. The van der Waals surface area contributed by atoms with Gasteiger partial charge in [-0.2, -0.15) is 0 Å². The molecular formula is C15H26N4OS. The summed E-state index contributed by atoms with van der Waals surface area (Å²) in [6, 6.07) is 0. The number of nitrogens with one attached hydrogen (secondary N) is 2. The van der Waals surface area contributed by atoms with Crippen molar-refractivity contribution in [2.24, 2.45) is 5.41 Å². The summed E-state index contributed by atoms with van der Waals surface area (Å²) in [4.78, 5) is 17.3. The molecule has 2 rings (SSSR count). The minimum Gasteiger partial charge on any atom is -0.358 e. The molecule has 118 valence electrons.